The Balaban J connectivity index is 2.32. The number of nitrogens with zero attached hydrogens (tertiary/aromatic N) is 3. The van der Waals surface area contributed by atoms with Gasteiger partial charge in [0.05, 0.1) is 0 Å². The van der Waals surface area contributed by atoms with Crippen molar-refractivity contribution in [2.24, 2.45) is 0 Å². The molecule has 3 heteroatoms. The van der Waals surface area contributed by atoms with Crippen molar-refractivity contribution in [3.05, 3.63) is 17.6 Å². The fourth-order valence-corrected chi connectivity index (χ4v) is 2.45. The molecule has 1 aliphatic heterocycles. The lowest BCUT2D eigenvalue weighted by Crippen LogP contribution is -2.33. The van der Waals surface area contributed by atoms with Gasteiger partial charge in [-0.05, 0) is 26.2 Å². The van der Waals surface area contributed by atoms with E-state index in [4.69, 9.17) is 0 Å². The number of fused-ring (bicyclic) bond motifs is 1. The van der Waals surface area contributed by atoms with E-state index in [0.29, 0.717) is 6.04 Å². The van der Waals surface area contributed by atoms with E-state index in [1.54, 1.807) is 6.33 Å². The Hall–Kier alpha value is -1.12. The number of rotatable bonds is 3. The van der Waals surface area contributed by atoms with Crippen LogP contribution in [0, 0.1) is 6.92 Å². The van der Waals surface area contributed by atoms with Crippen LogP contribution >= 0.6 is 0 Å². The third-order valence-electron chi connectivity index (χ3n) is 3.40. The van der Waals surface area contributed by atoms with Crippen LogP contribution in [0.3, 0.4) is 0 Å². The molecule has 1 aliphatic rings. The summed E-state index contributed by atoms with van der Waals surface area (Å²) in [6.07, 6.45) is 5.19. The van der Waals surface area contributed by atoms with E-state index >= 15 is 0 Å². The Morgan fingerprint density at radius 2 is 2.07 bits per heavy atom. The summed E-state index contributed by atoms with van der Waals surface area (Å²) in [5, 5.41) is 0. The minimum atomic E-state index is 0.639. The number of anilines is 1. The van der Waals surface area contributed by atoms with Gasteiger partial charge in [0.25, 0.3) is 0 Å². The SMILES string of the molecule is CCC(CC)N1CCc2c(C)ncnc21. The van der Waals surface area contributed by atoms with Crippen molar-refractivity contribution in [3.8, 4) is 0 Å². The van der Waals surface area contributed by atoms with E-state index < -0.39 is 0 Å². The minimum Gasteiger partial charge on any atom is -0.353 e. The fraction of sp³-hybridized carbons (Fsp3) is 0.667. The van der Waals surface area contributed by atoms with Crippen molar-refractivity contribution in [2.45, 2.75) is 46.1 Å². The molecule has 0 unspecified atom stereocenters. The van der Waals surface area contributed by atoms with E-state index in [9.17, 15) is 0 Å². The van der Waals surface area contributed by atoms with Gasteiger partial charge in [0, 0.05) is 23.8 Å². The highest BCUT2D eigenvalue weighted by atomic mass is 15.2. The van der Waals surface area contributed by atoms with Crippen molar-refractivity contribution in [3.63, 3.8) is 0 Å². The first-order chi connectivity index (χ1) is 7.27. The van der Waals surface area contributed by atoms with Crippen LogP contribution in [-0.2, 0) is 6.42 Å². The standard InChI is InChI=1S/C12H19N3/c1-4-10(5-2)15-7-6-11-9(3)13-8-14-12(11)15/h8,10H,4-7H2,1-3H3. The third-order valence-corrected chi connectivity index (χ3v) is 3.40. The van der Waals surface area contributed by atoms with Crippen LogP contribution in [0.4, 0.5) is 5.82 Å². The van der Waals surface area contributed by atoms with Gasteiger partial charge in [-0.1, -0.05) is 13.8 Å². The summed E-state index contributed by atoms with van der Waals surface area (Å²) in [7, 11) is 0. The number of aromatic nitrogens is 2. The molecule has 1 aromatic heterocycles. The molecule has 0 saturated heterocycles. The molecule has 2 heterocycles. The maximum absolute atomic E-state index is 4.43. The van der Waals surface area contributed by atoms with Crippen LogP contribution in [0.1, 0.15) is 37.9 Å². The van der Waals surface area contributed by atoms with Crippen LogP contribution in [0.5, 0.6) is 0 Å². The average Bonchev–Trinajstić information content (AvgIpc) is 2.66. The number of aryl methyl sites for hydroxylation is 1. The topological polar surface area (TPSA) is 29.0 Å². The normalized spacial score (nSPS) is 14.8. The van der Waals surface area contributed by atoms with E-state index in [0.717, 1.165) is 18.7 Å². The molecule has 0 atom stereocenters. The van der Waals surface area contributed by atoms with Crippen LogP contribution in [0.15, 0.2) is 6.33 Å². The molecule has 3 nitrogen and oxygen atoms in total. The Labute approximate surface area is 91.5 Å². The Morgan fingerprint density at radius 3 is 2.73 bits per heavy atom. The van der Waals surface area contributed by atoms with E-state index in [2.05, 4.69) is 35.6 Å². The molecule has 0 fully saturated rings. The van der Waals surface area contributed by atoms with E-state index in [1.165, 1.54) is 24.2 Å². The predicted octanol–water partition coefficient (Wildman–Crippen LogP) is 2.34. The highest BCUT2D eigenvalue weighted by Crippen LogP contribution is 2.29. The molecular weight excluding hydrogens is 186 g/mol. The first kappa shape index (κ1) is 10.4. The van der Waals surface area contributed by atoms with Gasteiger partial charge in [0.2, 0.25) is 0 Å². The van der Waals surface area contributed by atoms with Crippen LogP contribution < -0.4 is 4.90 Å². The fourth-order valence-electron chi connectivity index (χ4n) is 2.45. The summed E-state index contributed by atoms with van der Waals surface area (Å²) in [5.74, 6) is 1.18. The largest absolute Gasteiger partial charge is 0.353 e. The van der Waals surface area contributed by atoms with Gasteiger partial charge < -0.3 is 4.90 Å². The predicted molar refractivity (Wildman–Crippen MR) is 62.2 cm³/mol. The average molecular weight is 205 g/mol. The molecule has 0 spiro atoms. The summed E-state index contributed by atoms with van der Waals surface area (Å²) >= 11 is 0. The quantitative estimate of drug-likeness (QED) is 0.758. The van der Waals surface area contributed by atoms with Crippen LogP contribution in [0.2, 0.25) is 0 Å². The first-order valence-corrected chi connectivity index (χ1v) is 5.85. The number of hydrogen-bond acceptors (Lipinski definition) is 3. The lowest BCUT2D eigenvalue weighted by Gasteiger charge is -2.27. The monoisotopic (exact) mass is 205 g/mol. The molecule has 0 radical (unpaired) electrons. The molecule has 0 bridgehead atoms. The molecule has 2 rings (SSSR count). The van der Waals surface area contributed by atoms with Crippen LogP contribution in [0.25, 0.3) is 0 Å². The molecule has 0 aromatic carbocycles. The zero-order chi connectivity index (χ0) is 10.8. The van der Waals surface area contributed by atoms with Gasteiger partial charge in [-0.3, -0.25) is 0 Å². The minimum absolute atomic E-state index is 0.639. The third kappa shape index (κ3) is 1.71. The molecule has 15 heavy (non-hydrogen) atoms. The van der Waals surface area contributed by atoms with Crippen molar-refractivity contribution in [1.82, 2.24) is 9.97 Å². The second-order valence-electron chi connectivity index (χ2n) is 4.17. The van der Waals surface area contributed by atoms with Crippen LogP contribution in [-0.4, -0.2) is 22.6 Å². The molecule has 1 aromatic rings. The maximum atomic E-state index is 4.43. The van der Waals surface area contributed by atoms with Gasteiger partial charge in [0.1, 0.15) is 12.1 Å². The first-order valence-electron chi connectivity index (χ1n) is 5.85. The number of hydrogen-bond donors (Lipinski definition) is 0. The Kier molecular flexibility index (Phi) is 2.89. The molecule has 0 N–H and O–H groups in total. The molecular formula is C12H19N3. The van der Waals surface area contributed by atoms with Gasteiger partial charge in [-0.2, -0.15) is 0 Å². The highest BCUT2D eigenvalue weighted by Gasteiger charge is 2.26. The lowest BCUT2D eigenvalue weighted by atomic mass is 10.1. The van der Waals surface area contributed by atoms with Crippen molar-refractivity contribution in [2.75, 3.05) is 11.4 Å². The molecule has 0 saturated carbocycles. The molecule has 82 valence electrons. The van der Waals surface area contributed by atoms with Gasteiger partial charge in [-0.25, -0.2) is 9.97 Å². The van der Waals surface area contributed by atoms with E-state index in [1.807, 2.05) is 0 Å². The maximum Gasteiger partial charge on any atom is 0.135 e. The van der Waals surface area contributed by atoms with Crippen molar-refractivity contribution >= 4 is 5.82 Å². The zero-order valence-electron chi connectivity index (χ0n) is 9.82. The Morgan fingerprint density at radius 1 is 1.33 bits per heavy atom. The zero-order valence-corrected chi connectivity index (χ0v) is 9.82. The summed E-state index contributed by atoms with van der Waals surface area (Å²) in [6.45, 7) is 7.69. The highest BCUT2D eigenvalue weighted by molar-refractivity contribution is 5.54. The van der Waals surface area contributed by atoms with Gasteiger partial charge in [-0.15, -0.1) is 0 Å². The second kappa shape index (κ2) is 4.17. The van der Waals surface area contributed by atoms with E-state index in [-0.39, 0.29) is 0 Å². The summed E-state index contributed by atoms with van der Waals surface area (Å²) < 4.78 is 0. The summed E-state index contributed by atoms with van der Waals surface area (Å²) in [6, 6.07) is 0.639. The van der Waals surface area contributed by atoms with Gasteiger partial charge in [0.15, 0.2) is 0 Å². The summed E-state index contributed by atoms with van der Waals surface area (Å²) in [4.78, 5) is 11.1. The smallest absolute Gasteiger partial charge is 0.135 e. The summed E-state index contributed by atoms with van der Waals surface area (Å²) in [5.41, 5.74) is 2.50. The Bertz CT molecular complexity index is 345. The molecule has 0 aliphatic carbocycles. The van der Waals surface area contributed by atoms with Crippen molar-refractivity contribution < 1.29 is 0 Å². The second-order valence-corrected chi connectivity index (χ2v) is 4.17. The van der Waals surface area contributed by atoms with Crippen molar-refractivity contribution in [1.29, 1.82) is 0 Å². The van der Waals surface area contributed by atoms with Gasteiger partial charge >= 0.3 is 0 Å². The molecule has 0 amide bonds. The lowest BCUT2D eigenvalue weighted by molar-refractivity contribution is 0.567.